The first-order valence-electron chi connectivity index (χ1n) is 9.64. The first kappa shape index (κ1) is 21.5. The van der Waals surface area contributed by atoms with Crippen molar-refractivity contribution < 1.29 is 37.7 Å². The predicted molar refractivity (Wildman–Crippen MR) is 108 cm³/mol. The number of amides is 1. The van der Waals surface area contributed by atoms with Gasteiger partial charge in [0.2, 0.25) is 0 Å². The third-order valence-electron chi connectivity index (χ3n) is 5.05. The van der Waals surface area contributed by atoms with Gasteiger partial charge in [0.05, 0.1) is 0 Å². The maximum atomic E-state index is 13.8. The maximum Gasteiger partial charge on any atom is 0.415 e. The number of nitrogens with zero attached hydrogens (tertiary/aromatic N) is 1. The van der Waals surface area contributed by atoms with Gasteiger partial charge in [-0.15, -0.1) is 0 Å². The third-order valence-corrected chi connectivity index (χ3v) is 5.05. The maximum absolute atomic E-state index is 13.8. The summed E-state index contributed by atoms with van der Waals surface area (Å²) < 4.78 is 51.0. The van der Waals surface area contributed by atoms with Gasteiger partial charge >= 0.3 is 6.09 Å². The van der Waals surface area contributed by atoms with Crippen molar-refractivity contribution in [3.05, 3.63) is 89.7 Å². The molecule has 0 aliphatic carbocycles. The van der Waals surface area contributed by atoms with E-state index in [0.29, 0.717) is 17.3 Å². The number of anilines is 1. The Bertz CT molecular complexity index is 1110. The van der Waals surface area contributed by atoms with Gasteiger partial charge in [-0.05, 0) is 54.1 Å². The fourth-order valence-corrected chi connectivity index (χ4v) is 3.53. The van der Waals surface area contributed by atoms with Crippen molar-refractivity contribution in [3.8, 4) is 11.5 Å². The second kappa shape index (κ2) is 8.80. The van der Waals surface area contributed by atoms with E-state index in [1.54, 1.807) is 12.1 Å². The molecule has 3 aromatic rings. The molecule has 2 N–H and O–H groups in total. The van der Waals surface area contributed by atoms with E-state index in [0.717, 1.165) is 12.1 Å². The second-order valence-corrected chi connectivity index (χ2v) is 7.18. The number of halogens is 3. The number of ether oxygens (including phenoxy) is 2. The average molecular weight is 445 g/mol. The smallest absolute Gasteiger partial charge is 0.415 e. The van der Waals surface area contributed by atoms with Crippen molar-refractivity contribution in [2.45, 2.75) is 18.2 Å². The molecule has 0 saturated carbocycles. The molecule has 0 spiro atoms. The Morgan fingerprint density at radius 2 is 1.62 bits per heavy atom. The van der Waals surface area contributed by atoms with Crippen LogP contribution in [0.4, 0.5) is 23.7 Å². The highest BCUT2D eigenvalue weighted by Gasteiger charge is 2.47. The molecule has 1 aliphatic heterocycles. The Labute approximate surface area is 181 Å². The van der Waals surface area contributed by atoms with Crippen LogP contribution in [0, 0.1) is 17.5 Å². The van der Waals surface area contributed by atoms with E-state index in [2.05, 4.69) is 0 Å². The first-order chi connectivity index (χ1) is 15.3. The number of benzene rings is 3. The van der Waals surface area contributed by atoms with Crippen LogP contribution in [-0.2, 0) is 4.74 Å². The number of carbonyl (C=O) groups excluding carboxylic acids is 1. The van der Waals surface area contributed by atoms with Gasteiger partial charge in [-0.1, -0.05) is 12.1 Å². The molecule has 6 nitrogen and oxygen atoms in total. The SMILES string of the molecule is O=C1OC(C(O)COc2ccc(F)cc2F)C(c2ccc(O)cc2)N1c1ccc(F)cc1. The van der Waals surface area contributed by atoms with Gasteiger partial charge in [-0.2, -0.15) is 0 Å². The normalized spacial score (nSPS) is 19.0. The van der Waals surface area contributed by atoms with Gasteiger partial charge in [0.1, 0.15) is 36.1 Å². The molecular formula is C23H18F3NO5. The molecule has 166 valence electrons. The number of aliphatic hydroxyl groups excluding tert-OH is 1. The van der Waals surface area contributed by atoms with E-state index in [1.807, 2.05) is 0 Å². The Hall–Kier alpha value is -3.72. The standard InChI is InChI=1S/C23H18F3NO5/c24-14-3-6-16(7-4-14)27-21(13-1-8-17(28)9-2-13)22(32-23(27)30)19(29)12-31-20-10-5-15(25)11-18(20)26/h1-11,19,21-22,28-29H,12H2. The van der Waals surface area contributed by atoms with Crippen molar-refractivity contribution in [1.82, 2.24) is 0 Å². The Morgan fingerprint density at radius 3 is 2.28 bits per heavy atom. The van der Waals surface area contributed by atoms with Crippen LogP contribution in [-0.4, -0.2) is 35.1 Å². The Balaban J connectivity index is 1.62. The van der Waals surface area contributed by atoms with Crippen molar-refractivity contribution in [3.63, 3.8) is 0 Å². The molecule has 0 bridgehead atoms. The fourth-order valence-electron chi connectivity index (χ4n) is 3.53. The summed E-state index contributed by atoms with van der Waals surface area (Å²) in [5.74, 6) is -2.48. The highest BCUT2D eigenvalue weighted by atomic mass is 19.1. The molecule has 1 fully saturated rings. The van der Waals surface area contributed by atoms with Gasteiger partial charge in [-0.25, -0.2) is 18.0 Å². The molecule has 0 aromatic heterocycles. The van der Waals surface area contributed by atoms with Gasteiger partial charge in [-0.3, -0.25) is 4.90 Å². The average Bonchev–Trinajstić information content (AvgIpc) is 3.11. The lowest BCUT2D eigenvalue weighted by atomic mass is 9.96. The lowest BCUT2D eigenvalue weighted by Crippen LogP contribution is -2.38. The minimum absolute atomic E-state index is 0.000425. The highest BCUT2D eigenvalue weighted by molar-refractivity contribution is 5.91. The first-order valence-corrected chi connectivity index (χ1v) is 9.64. The zero-order chi connectivity index (χ0) is 22.8. The summed E-state index contributed by atoms with van der Waals surface area (Å²) in [5.41, 5.74) is 0.852. The summed E-state index contributed by atoms with van der Waals surface area (Å²) in [6, 6.07) is 13.0. The van der Waals surface area contributed by atoms with E-state index in [4.69, 9.17) is 9.47 Å². The van der Waals surface area contributed by atoms with Gasteiger partial charge in [0, 0.05) is 11.8 Å². The van der Waals surface area contributed by atoms with Crippen molar-refractivity contribution in [2.75, 3.05) is 11.5 Å². The molecule has 9 heteroatoms. The summed E-state index contributed by atoms with van der Waals surface area (Å²) >= 11 is 0. The zero-order valence-electron chi connectivity index (χ0n) is 16.5. The number of cyclic esters (lactones) is 1. The van der Waals surface area contributed by atoms with Crippen molar-refractivity contribution in [2.24, 2.45) is 0 Å². The number of rotatable bonds is 6. The summed E-state index contributed by atoms with van der Waals surface area (Å²) in [7, 11) is 0. The Kier molecular flexibility index (Phi) is 5.91. The quantitative estimate of drug-likeness (QED) is 0.591. The van der Waals surface area contributed by atoms with E-state index < -0.39 is 48.4 Å². The summed E-state index contributed by atoms with van der Waals surface area (Å²) in [6.45, 7) is -0.452. The van der Waals surface area contributed by atoms with Crippen LogP contribution in [0.1, 0.15) is 11.6 Å². The molecule has 1 saturated heterocycles. The molecule has 1 aliphatic rings. The third kappa shape index (κ3) is 4.33. The molecule has 3 unspecified atom stereocenters. The number of hydrogen-bond acceptors (Lipinski definition) is 5. The van der Waals surface area contributed by atoms with Crippen LogP contribution in [0.25, 0.3) is 0 Å². The zero-order valence-corrected chi connectivity index (χ0v) is 16.5. The largest absolute Gasteiger partial charge is 0.508 e. The van der Waals surface area contributed by atoms with Crippen LogP contribution in [0.5, 0.6) is 11.5 Å². The van der Waals surface area contributed by atoms with Crippen LogP contribution in [0.15, 0.2) is 66.7 Å². The lowest BCUT2D eigenvalue weighted by Gasteiger charge is -2.27. The van der Waals surface area contributed by atoms with Gasteiger partial charge in [0.25, 0.3) is 0 Å². The topological polar surface area (TPSA) is 79.2 Å². The van der Waals surface area contributed by atoms with Crippen LogP contribution in [0.3, 0.4) is 0 Å². The van der Waals surface area contributed by atoms with E-state index in [1.165, 1.54) is 41.3 Å². The van der Waals surface area contributed by atoms with Gasteiger partial charge in [0.15, 0.2) is 17.7 Å². The molecule has 1 amide bonds. The number of phenolic OH excluding ortho intramolecular Hbond substituents is 1. The highest BCUT2D eigenvalue weighted by Crippen LogP contribution is 2.39. The van der Waals surface area contributed by atoms with E-state index in [-0.39, 0.29) is 11.5 Å². The predicted octanol–water partition coefficient (Wildman–Crippen LogP) is 4.32. The van der Waals surface area contributed by atoms with E-state index in [9.17, 15) is 28.2 Å². The number of aliphatic hydroxyl groups is 1. The Morgan fingerprint density at radius 1 is 0.969 bits per heavy atom. The molecule has 3 atom stereocenters. The number of hydrogen-bond donors (Lipinski definition) is 2. The number of aromatic hydroxyl groups is 1. The van der Waals surface area contributed by atoms with Crippen molar-refractivity contribution >= 4 is 11.8 Å². The summed E-state index contributed by atoms with van der Waals surface area (Å²) in [4.78, 5) is 13.9. The van der Waals surface area contributed by atoms with E-state index >= 15 is 0 Å². The number of carbonyl (C=O) groups is 1. The van der Waals surface area contributed by atoms with Crippen LogP contribution < -0.4 is 9.64 Å². The number of phenols is 1. The monoisotopic (exact) mass is 445 g/mol. The molecule has 1 heterocycles. The van der Waals surface area contributed by atoms with Gasteiger partial charge < -0.3 is 19.7 Å². The second-order valence-electron chi connectivity index (χ2n) is 7.18. The van der Waals surface area contributed by atoms with Crippen LogP contribution >= 0.6 is 0 Å². The summed E-state index contributed by atoms with van der Waals surface area (Å²) in [6.07, 6.45) is -3.32. The fraction of sp³-hybridized carbons (Fsp3) is 0.174. The minimum atomic E-state index is -1.40. The molecular weight excluding hydrogens is 427 g/mol. The molecule has 0 radical (unpaired) electrons. The molecule has 4 rings (SSSR count). The van der Waals surface area contributed by atoms with Crippen molar-refractivity contribution in [1.29, 1.82) is 0 Å². The van der Waals surface area contributed by atoms with Crippen LogP contribution in [0.2, 0.25) is 0 Å². The minimum Gasteiger partial charge on any atom is -0.508 e. The summed E-state index contributed by atoms with van der Waals surface area (Å²) in [5, 5.41) is 20.3. The molecule has 32 heavy (non-hydrogen) atoms. The molecule has 3 aromatic carbocycles. The lowest BCUT2D eigenvalue weighted by molar-refractivity contribution is -0.00715.